The molecule has 12 nitrogen and oxygen atoms in total. The molecule has 0 aliphatic carbocycles. The lowest BCUT2D eigenvalue weighted by Gasteiger charge is -2.42. The van der Waals surface area contributed by atoms with Gasteiger partial charge in [0.05, 0.1) is 24.9 Å². The summed E-state index contributed by atoms with van der Waals surface area (Å²) in [4.78, 5) is 59.6. The average Bonchev–Trinajstić information content (AvgIpc) is 3.58. The Balaban J connectivity index is 1.38. The van der Waals surface area contributed by atoms with Crippen LogP contribution in [-0.2, 0) is 16.0 Å². The lowest BCUT2D eigenvalue weighted by Crippen LogP contribution is -2.60. The number of rotatable bonds is 10. The number of aromatic hydroxyl groups is 1. The summed E-state index contributed by atoms with van der Waals surface area (Å²) >= 11 is 0. The first-order chi connectivity index (χ1) is 21.2. The quantitative estimate of drug-likeness (QED) is 0.248. The molecule has 2 aromatic heterocycles. The summed E-state index contributed by atoms with van der Waals surface area (Å²) in [5.74, 6) is -1.83. The number of carbonyl (C=O) groups excluding carboxylic acids is 3. The fourth-order valence-electron chi connectivity index (χ4n) is 5.35. The first kappa shape index (κ1) is 30.1. The van der Waals surface area contributed by atoms with Crippen LogP contribution in [0.5, 0.6) is 11.5 Å². The molecule has 3 heterocycles. The number of furan rings is 1. The molecular weight excluding hydrogens is 568 g/mol. The number of carboxylic acid groups (broad SMARTS) is 1. The average molecular weight is 601 g/mol. The summed E-state index contributed by atoms with van der Waals surface area (Å²) in [6.07, 6.45) is 1.30. The molecule has 0 bridgehead atoms. The number of para-hydroxylation sites is 1. The van der Waals surface area contributed by atoms with E-state index in [9.17, 15) is 29.4 Å². The van der Waals surface area contributed by atoms with E-state index in [4.69, 9.17) is 9.15 Å². The van der Waals surface area contributed by atoms with Crippen molar-refractivity contribution in [1.29, 1.82) is 0 Å². The summed E-state index contributed by atoms with van der Waals surface area (Å²) in [7, 11) is 1.48. The van der Waals surface area contributed by atoms with Crippen molar-refractivity contribution in [3.63, 3.8) is 0 Å². The summed E-state index contributed by atoms with van der Waals surface area (Å²) in [5.41, 5.74) is 1.39. The monoisotopic (exact) mass is 600 g/mol. The van der Waals surface area contributed by atoms with E-state index in [0.717, 1.165) is 5.56 Å². The lowest BCUT2D eigenvalue weighted by atomic mass is 10.00. The van der Waals surface area contributed by atoms with Crippen LogP contribution >= 0.6 is 0 Å². The highest BCUT2D eigenvalue weighted by Crippen LogP contribution is 2.25. The van der Waals surface area contributed by atoms with Gasteiger partial charge in [-0.1, -0.05) is 24.3 Å². The lowest BCUT2D eigenvalue weighted by molar-refractivity contribution is -0.138. The number of nitrogens with zero attached hydrogens (tertiary/aromatic N) is 3. The molecule has 0 radical (unpaired) electrons. The molecule has 5 rings (SSSR count). The normalized spacial score (nSPS) is 15.5. The van der Waals surface area contributed by atoms with Crippen LogP contribution in [0.15, 0.2) is 77.4 Å². The number of pyridine rings is 1. The number of aromatic nitrogens is 1. The molecule has 1 aliphatic heterocycles. The van der Waals surface area contributed by atoms with Crippen LogP contribution in [0.4, 0.5) is 0 Å². The van der Waals surface area contributed by atoms with Gasteiger partial charge in [0, 0.05) is 37.5 Å². The maximum absolute atomic E-state index is 13.9. The topological polar surface area (TPSA) is 163 Å². The fourth-order valence-corrected chi connectivity index (χ4v) is 5.35. The summed E-state index contributed by atoms with van der Waals surface area (Å²) < 4.78 is 10.8. The molecule has 2 unspecified atom stereocenters. The Kier molecular flexibility index (Phi) is 9.08. The van der Waals surface area contributed by atoms with Crippen LogP contribution in [0.3, 0.4) is 0 Å². The Morgan fingerprint density at radius 1 is 1.07 bits per heavy atom. The Morgan fingerprint density at radius 3 is 2.55 bits per heavy atom. The zero-order valence-corrected chi connectivity index (χ0v) is 24.0. The van der Waals surface area contributed by atoms with E-state index in [1.54, 1.807) is 53.4 Å². The number of piperazine rings is 1. The van der Waals surface area contributed by atoms with Gasteiger partial charge in [-0.2, -0.15) is 0 Å². The number of aliphatic carboxylic acids is 1. The standard InChI is InChI=1S/C32H32N4O8/c1-43-28-18-26(33-24-6-3-2-5-23(24)28)30(40)34-25(12-13-29(38)39)31(41)35-14-15-36(32(42)27-7-4-16-44-27)21(19-35)17-20-8-10-22(37)11-9-20/h2-11,16,18,21,25,37H,12-15,17,19H2,1H3,(H,34,40)(H,38,39). The minimum Gasteiger partial charge on any atom is -0.508 e. The van der Waals surface area contributed by atoms with Crippen LogP contribution in [0.2, 0.25) is 0 Å². The maximum Gasteiger partial charge on any atom is 0.303 e. The molecule has 4 aromatic rings. The minimum atomic E-state index is -1.15. The first-order valence-electron chi connectivity index (χ1n) is 14.1. The molecule has 228 valence electrons. The Morgan fingerprint density at radius 2 is 1.84 bits per heavy atom. The van der Waals surface area contributed by atoms with Crippen LogP contribution in [0, 0.1) is 0 Å². The maximum atomic E-state index is 13.9. The Hall–Kier alpha value is -5.39. The van der Waals surface area contributed by atoms with Gasteiger partial charge < -0.3 is 34.5 Å². The molecule has 3 amide bonds. The van der Waals surface area contributed by atoms with E-state index in [0.29, 0.717) is 23.1 Å². The van der Waals surface area contributed by atoms with Gasteiger partial charge in [-0.15, -0.1) is 0 Å². The first-order valence-corrected chi connectivity index (χ1v) is 14.1. The second-order valence-corrected chi connectivity index (χ2v) is 10.5. The number of amides is 3. The molecule has 12 heteroatoms. The number of carbonyl (C=O) groups is 4. The Labute approximate surface area is 252 Å². The van der Waals surface area contributed by atoms with Crippen molar-refractivity contribution >= 4 is 34.6 Å². The van der Waals surface area contributed by atoms with Gasteiger partial charge in [0.25, 0.3) is 11.8 Å². The summed E-state index contributed by atoms with van der Waals surface area (Å²) in [5, 5.41) is 22.5. The molecule has 2 aromatic carbocycles. The fraction of sp³-hybridized carbons (Fsp3) is 0.281. The van der Waals surface area contributed by atoms with Gasteiger partial charge in [0.15, 0.2) is 5.76 Å². The van der Waals surface area contributed by atoms with Crippen LogP contribution in [0.25, 0.3) is 10.9 Å². The molecule has 2 atom stereocenters. The molecule has 1 aliphatic rings. The number of hydrogen-bond donors (Lipinski definition) is 3. The second kappa shape index (κ2) is 13.3. The van der Waals surface area contributed by atoms with Gasteiger partial charge in [0.1, 0.15) is 23.2 Å². The van der Waals surface area contributed by atoms with E-state index in [1.165, 1.54) is 24.3 Å². The minimum absolute atomic E-state index is 0.0211. The molecular formula is C32H32N4O8. The van der Waals surface area contributed by atoms with Crippen LogP contribution < -0.4 is 10.1 Å². The van der Waals surface area contributed by atoms with E-state index < -0.39 is 29.9 Å². The van der Waals surface area contributed by atoms with Gasteiger partial charge in [-0.3, -0.25) is 19.2 Å². The third-order valence-corrected chi connectivity index (χ3v) is 7.58. The number of nitrogens with one attached hydrogen (secondary N) is 1. The number of methoxy groups -OCH3 is 1. The van der Waals surface area contributed by atoms with Gasteiger partial charge >= 0.3 is 5.97 Å². The molecule has 44 heavy (non-hydrogen) atoms. The van der Waals surface area contributed by atoms with Crippen molar-refractivity contribution < 1.29 is 38.5 Å². The largest absolute Gasteiger partial charge is 0.508 e. The zero-order valence-electron chi connectivity index (χ0n) is 24.0. The van der Waals surface area contributed by atoms with Crippen molar-refractivity contribution in [2.24, 2.45) is 0 Å². The highest BCUT2D eigenvalue weighted by molar-refractivity contribution is 5.99. The predicted molar refractivity (Wildman–Crippen MR) is 158 cm³/mol. The molecule has 1 saturated heterocycles. The number of carboxylic acids is 1. The number of phenols is 1. The smallest absolute Gasteiger partial charge is 0.303 e. The molecule has 0 spiro atoms. The van der Waals surface area contributed by atoms with Gasteiger partial charge in [-0.25, -0.2) is 4.98 Å². The number of fused-ring (bicyclic) bond motifs is 1. The third-order valence-electron chi connectivity index (χ3n) is 7.58. The van der Waals surface area contributed by atoms with E-state index in [2.05, 4.69) is 10.3 Å². The SMILES string of the molecule is COc1cc(C(=O)NC(CCC(=O)O)C(=O)N2CCN(C(=O)c3ccco3)C(Cc3ccc(O)cc3)C2)nc2ccccc12. The van der Waals surface area contributed by atoms with Crippen LogP contribution in [-0.4, -0.2) is 87.5 Å². The third kappa shape index (κ3) is 6.80. The number of benzene rings is 2. The summed E-state index contributed by atoms with van der Waals surface area (Å²) in [6, 6.07) is 16.8. The highest BCUT2D eigenvalue weighted by atomic mass is 16.5. The van der Waals surface area contributed by atoms with Crippen molar-refractivity contribution in [2.45, 2.75) is 31.3 Å². The number of hydrogen-bond acceptors (Lipinski definition) is 8. The number of phenolic OH excluding ortho intramolecular Hbond substituents is 1. The predicted octanol–water partition coefficient (Wildman–Crippen LogP) is 3.10. The van der Waals surface area contributed by atoms with Crippen molar-refractivity contribution in [1.82, 2.24) is 20.1 Å². The second-order valence-electron chi connectivity index (χ2n) is 10.5. The van der Waals surface area contributed by atoms with Gasteiger partial charge in [0.2, 0.25) is 5.91 Å². The van der Waals surface area contributed by atoms with E-state index in [1.807, 2.05) is 12.1 Å². The molecule has 0 saturated carbocycles. The zero-order chi connectivity index (χ0) is 31.2. The van der Waals surface area contributed by atoms with Gasteiger partial charge in [-0.05, 0) is 54.8 Å². The van der Waals surface area contributed by atoms with Crippen LogP contribution in [0.1, 0.15) is 39.4 Å². The Bertz CT molecular complexity index is 1650. The highest BCUT2D eigenvalue weighted by Gasteiger charge is 2.36. The molecule has 3 N–H and O–H groups in total. The van der Waals surface area contributed by atoms with Crippen molar-refractivity contribution in [3.8, 4) is 11.5 Å². The van der Waals surface area contributed by atoms with E-state index >= 15 is 0 Å². The molecule has 1 fully saturated rings. The number of ether oxygens (including phenoxy) is 1. The van der Waals surface area contributed by atoms with Crippen molar-refractivity contribution in [2.75, 3.05) is 26.7 Å². The summed E-state index contributed by atoms with van der Waals surface area (Å²) in [6.45, 7) is 0.490. The van der Waals surface area contributed by atoms with E-state index in [-0.39, 0.29) is 55.6 Å². The van der Waals surface area contributed by atoms with Crippen molar-refractivity contribution in [3.05, 3.63) is 90.0 Å².